The molecule has 10 nitrogen and oxygen atoms in total. The van der Waals surface area contributed by atoms with E-state index >= 15 is 0 Å². The van der Waals surface area contributed by atoms with E-state index in [4.69, 9.17) is 14.2 Å². The third kappa shape index (κ3) is 5.59. The van der Waals surface area contributed by atoms with Gasteiger partial charge in [-0.1, -0.05) is 12.1 Å². The molecule has 0 saturated carbocycles. The first-order valence-corrected chi connectivity index (χ1v) is 12.6. The van der Waals surface area contributed by atoms with E-state index in [0.29, 0.717) is 54.6 Å². The molecule has 0 radical (unpaired) electrons. The Bertz CT molecular complexity index is 1320. The number of carbonyl (C=O) groups is 3. The lowest BCUT2D eigenvalue weighted by Gasteiger charge is -2.27. The van der Waals surface area contributed by atoms with Gasteiger partial charge in [0.25, 0.3) is 5.91 Å². The van der Waals surface area contributed by atoms with Gasteiger partial charge in [0.15, 0.2) is 11.5 Å². The molecule has 0 saturated heterocycles. The topological polar surface area (TPSA) is 122 Å². The predicted molar refractivity (Wildman–Crippen MR) is 140 cm³/mol. The molecule has 3 aliphatic heterocycles. The monoisotopic (exact) mass is 518 g/mol. The van der Waals surface area contributed by atoms with Gasteiger partial charge in [-0.2, -0.15) is 0 Å². The minimum absolute atomic E-state index is 0.0806. The molecule has 2 aromatic carbocycles. The minimum atomic E-state index is -0.290. The van der Waals surface area contributed by atoms with Crippen molar-refractivity contribution >= 4 is 23.4 Å². The molecule has 1 aromatic heterocycles. The Balaban J connectivity index is 1.43. The summed E-state index contributed by atoms with van der Waals surface area (Å²) in [6, 6.07) is 14.7. The molecule has 0 fully saturated rings. The maximum Gasteiger partial charge on any atom is 0.270 e. The van der Waals surface area contributed by atoms with E-state index in [1.54, 1.807) is 31.5 Å². The van der Waals surface area contributed by atoms with Crippen molar-refractivity contribution in [2.45, 2.75) is 18.8 Å². The Hall–Kier alpha value is -4.47. The van der Waals surface area contributed by atoms with Crippen molar-refractivity contribution in [3.63, 3.8) is 0 Å². The van der Waals surface area contributed by atoms with E-state index in [0.717, 1.165) is 11.1 Å². The molecule has 38 heavy (non-hydrogen) atoms. The molecular weight excluding hydrogens is 488 g/mol. The molecule has 3 aliphatic rings. The van der Waals surface area contributed by atoms with Gasteiger partial charge in [0, 0.05) is 36.8 Å². The number of nitrogens with one attached hydrogen (secondary N) is 3. The molecule has 3 amide bonds. The van der Waals surface area contributed by atoms with Gasteiger partial charge in [-0.05, 0) is 47.9 Å². The average Bonchev–Trinajstić information content (AvgIpc) is 3.46. The number of fused-ring (bicyclic) bond motifs is 11. The van der Waals surface area contributed by atoms with Crippen molar-refractivity contribution < 1.29 is 28.6 Å². The van der Waals surface area contributed by atoms with E-state index in [1.165, 1.54) is 4.90 Å². The number of methoxy groups -OCH3 is 1. The highest BCUT2D eigenvalue weighted by atomic mass is 16.5. The lowest BCUT2D eigenvalue weighted by Crippen LogP contribution is -2.42. The summed E-state index contributed by atoms with van der Waals surface area (Å²) >= 11 is 0. The number of amides is 3. The normalized spacial score (nSPS) is 18.1. The van der Waals surface area contributed by atoms with E-state index in [-0.39, 0.29) is 43.3 Å². The molecule has 6 bridgehead atoms. The molecule has 0 spiro atoms. The number of hydrogen-bond acceptors (Lipinski definition) is 6. The van der Waals surface area contributed by atoms with E-state index in [2.05, 4.69) is 15.6 Å². The van der Waals surface area contributed by atoms with Crippen LogP contribution in [0.1, 0.15) is 40.4 Å². The van der Waals surface area contributed by atoms with Crippen LogP contribution in [0.5, 0.6) is 17.2 Å². The smallest absolute Gasteiger partial charge is 0.270 e. The van der Waals surface area contributed by atoms with Gasteiger partial charge in [0.05, 0.1) is 26.8 Å². The number of H-pyrrole nitrogens is 1. The number of nitrogens with zero attached hydrogens (tertiary/aromatic N) is 1. The third-order valence-corrected chi connectivity index (χ3v) is 6.63. The van der Waals surface area contributed by atoms with E-state index in [9.17, 15) is 14.4 Å². The Kier molecular flexibility index (Phi) is 7.48. The second-order valence-electron chi connectivity index (χ2n) is 9.18. The van der Waals surface area contributed by atoms with Crippen LogP contribution in [0.4, 0.5) is 5.69 Å². The zero-order chi connectivity index (χ0) is 26.5. The molecular formula is C28H30N4O6. The second kappa shape index (κ2) is 11.3. The minimum Gasteiger partial charge on any atom is -0.493 e. The zero-order valence-electron chi connectivity index (χ0n) is 21.1. The van der Waals surface area contributed by atoms with Crippen LogP contribution >= 0.6 is 0 Å². The van der Waals surface area contributed by atoms with Crippen LogP contribution < -0.4 is 24.8 Å². The summed E-state index contributed by atoms with van der Waals surface area (Å²) in [5.74, 6) is 0.913. The molecule has 3 N–H and O–H groups in total. The van der Waals surface area contributed by atoms with Gasteiger partial charge in [-0.15, -0.1) is 0 Å². The molecule has 3 aromatic rings. The molecule has 10 heteroatoms. The van der Waals surface area contributed by atoms with Crippen LogP contribution in [-0.2, 0) is 9.59 Å². The number of rotatable bonds is 2. The quantitative estimate of drug-likeness (QED) is 0.449. The van der Waals surface area contributed by atoms with E-state index in [1.807, 2.05) is 30.3 Å². The van der Waals surface area contributed by atoms with Crippen LogP contribution in [-0.4, -0.2) is 67.6 Å². The van der Waals surface area contributed by atoms with Gasteiger partial charge >= 0.3 is 0 Å². The lowest BCUT2D eigenvalue weighted by molar-refractivity contribution is -0.122. The summed E-state index contributed by atoms with van der Waals surface area (Å²) in [7, 11) is 1.57. The van der Waals surface area contributed by atoms with Crippen LogP contribution in [0.25, 0.3) is 0 Å². The highest BCUT2D eigenvalue weighted by molar-refractivity contribution is 5.96. The SMILES string of the molecule is COc1ccc2cc1OCCCN(C(=O)c1ccc[nH]1)CC(=O)NCCOc1ccc3c(c1)NC(=O)CC23. The van der Waals surface area contributed by atoms with Crippen LogP contribution in [0.3, 0.4) is 0 Å². The van der Waals surface area contributed by atoms with Crippen molar-refractivity contribution in [1.82, 2.24) is 15.2 Å². The third-order valence-electron chi connectivity index (χ3n) is 6.63. The van der Waals surface area contributed by atoms with Crippen molar-refractivity contribution in [3.05, 3.63) is 71.5 Å². The predicted octanol–water partition coefficient (Wildman–Crippen LogP) is 2.92. The number of hydrogen-bond donors (Lipinski definition) is 3. The Labute approximate surface area is 220 Å². The highest BCUT2D eigenvalue weighted by Gasteiger charge is 2.28. The largest absolute Gasteiger partial charge is 0.493 e. The standard InChI is InChI=1S/C28H30N4O6/c1-36-24-8-5-18-14-25(24)38-12-3-11-32(28(35)22-4-2-9-29-22)17-27(34)30-10-13-37-19-6-7-20-21(18)16-26(33)31-23(20)15-19/h2,4-9,14-15,21,29H,3,10-13,16-17H2,1H3,(H,30,34)(H,31,33). The summed E-state index contributed by atoms with van der Waals surface area (Å²) in [6.45, 7) is 1.03. The fourth-order valence-electron chi connectivity index (χ4n) is 4.77. The van der Waals surface area contributed by atoms with Crippen molar-refractivity contribution in [1.29, 1.82) is 0 Å². The number of carbonyl (C=O) groups excluding carboxylic acids is 3. The van der Waals surface area contributed by atoms with E-state index < -0.39 is 0 Å². The Morgan fingerprint density at radius 2 is 1.95 bits per heavy atom. The number of aromatic nitrogens is 1. The van der Waals surface area contributed by atoms with Crippen molar-refractivity contribution in [2.75, 3.05) is 45.3 Å². The van der Waals surface area contributed by atoms with Gasteiger partial charge < -0.3 is 34.7 Å². The van der Waals surface area contributed by atoms with Gasteiger partial charge in [0.2, 0.25) is 11.8 Å². The Morgan fingerprint density at radius 1 is 1.05 bits per heavy atom. The first-order chi connectivity index (χ1) is 18.5. The number of ether oxygens (including phenoxy) is 3. The van der Waals surface area contributed by atoms with Gasteiger partial charge in [-0.25, -0.2) is 0 Å². The summed E-state index contributed by atoms with van der Waals surface area (Å²) in [5, 5.41) is 5.75. The Morgan fingerprint density at radius 3 is 2.76 bits per heavy atom. The number of benzene rings is 2. The highest BCUT2D eigenvalue weighted by Crippen LogP contribution is 2.41. The summed E-state index contributed by atoms with van der Waals surface area (Å²) in [4.78, 5) is 42.6. The number of anilines is 1. The molecule has 4 heterocycles. The first-order valence-electron chi connectivity index (χ1n) is 12.6. The maximum atomic E-state index is 13.0. The molecule has 198 valence electrons. The maximum absolute atomic E-state index is 13.0. The van der Waals surface area contributed by atoms with Crippen LogP contribution in [0.2, 0.25) is 0 Å². The van der Waals surface area contributed by atoms with Crippen molar-refractivity contribution in [2.24, 2.45) is 0 Å². The van der Waals surface area contributed by atoms with Crippen LogP contribution in [0.15, 0.2) is 54.7 Å². The first kappa shape index (κ1) is 25.2. The molecule has 0 aliphatic carbocycles. The number of aromatic amines is 1. The lowest BCUT2D eigenvalue weighted by atomic mass is 9.84. The second-order valence-corrected chi connectivity index (χ2v) is 9.18. The summed E-state index contributed by atoms with van der Waals surface area (Å²) in [5.41, 5.74) is 3.02. The summed E-state index contributed by atoms with van der Waals surface area (Å²) < 4.78 is 17.4. The fraction of sp³-hybridized carbons (Fsp3) is 0.321. The molecule has 6 rings (SSSR count). The average molecular weight is 519 g/mol. The molecule has 1 unspecified atom stereocenters. The molecule has 1 atom stereocenters. The summed E-state index contributed by atoms with van der Waals surface area (Å²) in [6.07, 6.45) is 2.47. The zero-order valence-corrected chi connectivity index (χ0v) is 21.1. The van der Waals surface area contributed by atoms with Crippen LogP contribution in [0, 0.1) is 0 Å². The van der Waals surface area contributed by atoms with Gasteiger partial charge in [-0.3, -0.25) is 14.4 Å². The van der Waals surface area contributed by atoms with Crippen molar-refractivity contribution in [3.8, 4) is 17.2 Å². The van der Waals surface area contributed by atoms with Gasteiger partial charge in [0.1, 0.15) is 18.1 Å². The fourth-order valence-corrected chi connectivity index (χ4v) is 4.77.